The normalized spacial score (nSPS) is 30.6. The summed E-state index contributed by atoms with van der Waals surface area (Å²) in [6.45, 7) is 4.35. The van der Waals surface area contributed by atoms with Gasteiger partial charge in [-0.05, 0) is 60.5 Å². The molecular weight excluding hydrogens is 399 g/mol. The fourth-order valence-corrected chi connectivity index (χ4v) is 6.79. The topological polar surface area (TPSA) is 26.3 Å². The summed E-state index contributed by atoms with van der Waals surface area (Å²) in [6.07, 6.45) is 18.3. The second-order valence-electron chi connectivity index (χ2n) is 11.0. The maximum Gasteiger partial charge on any atom is 0.315 e. The second kappa shape index (κ2) is 11.2. The summed E-state index contributed by atoms with van der Waals surface area (Å²) in [4.78, 5) is 12.8. The molecule has 3 aliphatic rings. The Labute approximate surface area is 194 Å². The van der Waals surface area contributed by atoms with Crippen molar-refractivity contribution < 1.29 is 13.9 Å². The molecule has 1 heterocycles. The zero-order valence-corrected chi connectivity index (χ0v) is 20.3. The summed E-state index contributed by atoms with van der Waals surface area (Å²) < 4.78 is 20.3. The van der Waals surface area contributed by atoms with Gasteiger partial charge in [-0.3, -0.25) is 4.79 Å². The van der Waals surface area contributed by atoms with Crippen LogP contribution in [0.5, 0.6) is 5.75 Å². The van der Waals surface area contributed by atoms with Crippen molar-refractivity contribution in [2.45, 2.75) is 110 Å². The lowest BCUT2D eigenvalue weighted by Gasteiger charge is -2.36. The first kappa shape index (κ1) is 23.8. The van der Waals surface area contributed by atoms with Crippen molar-refractivity contribution in [2.75, 3.05) is 0 Å². The van der Waals surface area contributed by atoms with Gasteiger partial charge in [0.25, 0.3) is 0 Å². The monoisotopic (exact) mass is 442 g/mol. The average molecular weight is 443 g/mol. The molecule has 1 atom stereocenters. The minimum atomic E-state index is -0.316. The summed E-state index contributed by atoms with van der Waals surface area (Å²) in [6, 6.07) is 3.88. The molecule has 0 spiro atoms. The Kier molecular flexibility index (Phi) is 8.29. The first-order valence-electron chi connectivity index (χ1n) is 13.6. The third-order valence-electron chi connectivity index (χ3n) is 8.83. The molecule has 0 saturated heterocycles. The van der Waals surface area contributed by atoms with Gasteiger partial charge in [-0.1, -0.05) is 96.6 Å². The van der Waals surface area contributed by atoms with Gasteiger partial charge in [-0.2, -0.15) is 0 Å². The molecule has 0 amide bonds. The van der Waals surface area contributed by atoms with Crippen molar-refractivity contribution in [3.05, 3.63) is 29.1 Å². The van der Waals surface area contributed by atoms with Gasteiger partial charge in [0, 0.05) is 0 Å². The van der Waals surface area contributed by atoms with Crippen LogP contribution in [-0.2, 0) is 17.6 Å². The molecule has 1 aromatic carbocycles. The lowest BCUT2D eigenvalue weighted by molar-refractivity contribution is -0.143. The summed E-state index contributed by atoms with van der Waals surface area (Å²) >= 11 is 0. The fraction of sp³-hybridized carbons (Fsp3) is 0.759. The van der Waals surface area contributed by atoms with Gasteiger partial charge in [0.1, 0.15) is 0 Å². The molecule has 1 unspecified atom stereocenters. The minimum absolute atomic E-state index is 0.0891. The van der Waals surface area contributed by atoms with E-state index in [2.05, 4.69) is 6.92 Å². The van der Waals surface area contributed by atoms with Gasteiger partial charge in [0.15, 0.2) is 11.6 Å². The third kappa shape index (κ3) is 5.57. The van der Waals surface area contributed by atoms with Crippen LogP contribution in [0.3, 0.4) is 0 Å². The maximum atomic E-state index is 14.8. The van der Waals surface area contributed by atoms with Crippen LogP contribution >= 0.6 is 0 Å². The van der Waals surface area contributed by atoms with E-state index < -0.39 is 0 Å². The Balaban J connectivity index is 1.24. The van der Waals surface area contributed by atoms with Crippen LogP contribution in [0.25, 0.3) is 0 Å². The van der Waals surface area contributed by atoms with E-state index in [1.807, 2.05) is 19.1 Å². The quantitative estimate of drug-likeness (QED) is 0.301. The van der Waals surface area contributed by atoms with E-state index in [9.17, 15) is 9.18 Å². The number of rotatable bonds is 8. The zero-order valence-electron chi connectivity index (χ0n) is 20.3. The molecule has 3 heteroatoms. The number of carbonyl (C=O) groups excluding carboxylic acids is 1. The highest BCUT2D eigenvalue weighted by molar-refractivity contribution is 5.78. The van der Waals surface area contributed by atoms with E-state index in [4.69, 9.17) is 4.74 Å². The Bertz CT molecular complexity index is 757. The molecule has 178 valence electrons. The van der Waals surface area contributed by atoms with Gasteiger partial charge in [-0.15, -0.1) is 0 Å². The number of carbonyl (C=O) groups is 1. The number of aryl methyl sites for hydroxylation is 1. The highest BCUT2D eigenvalue weighted by Gasteiger charge is 2.38. The lowest BCUT2D eigenvalue weighted by Crippen LogP contribution is -2.36. The van der Waals surface area contributed by atoms with Crippen molar-refractivity contribution in [3.63, 3.8) is 0 Å². The summed E-state index contributed by atoms with van der Waals surface area (Å²) in [5.74, 6) is 2.79. The second-order valence-corrected chi connectivity index (χ2v) is 11.0. The molecule has 0 bridgehead atoms. The minimum Gasteiger partial charge on any atom is -0.423 e. The molecule has 0 N–H and O–H groups in total. The molecule has 4 rings (SSSR count). The standard InChI is InChI=1S/C29H43FO2/c1-3-5-20-7-9-21(10-8-20)11-12-22-13-15-23(16-14-22)26-19-25-18-17-24(6-4-2)27(30)28(25)32-29(26)31/h17-18,20-23,26H,3-16,19H2,1-2H3. The lowest BCUT2D eigenvalue weighted by atomic mass is 9.71. The highest BCUT2D eigenvalue weighted by atomic mass is 19.1. The van der Waals surface area contributed by atoms with E-state index in [1.165, 1.54) is 64.2 Å². The molecule has 1 aliphatic heterocycles. The zero-order chi connectivity index (χ0) is 22.5. The highest BCUT2D eigenvalue weighted by Crippen LogP contribution is 2.42. The van der Waals surface area contributed by atoms with Crippen molar-refractivity contribution >= 4 is 5.97 Å². The van der Waals surface area contributed by atoms with E-state index in [0.717, 1.165) is 42.6 Å². The molecule has 2 nitrogen and oxygen atoms in total. The van der Waals surface area contributed by atoms with E-state index in [-0.39, 0.29) is 23.5 Å². The number of halogens is 1. The van der Waals surface area contributed by atoms with Gasteiger partial charge >= 0.3 is 5.97 Å². The number of fused-ring (bicyclic) bond motifs is 1. The third-order valence-corrected chi connectivity index (χ3v) is 8.83. The Morgan fingerprint density at radius 3 is 2.03 bits per heavy atom. The van der Waals surface area contributed by atoms with Crippen LogP contribution < -0.4 is 4.74 Å². The van der Waals surface area contributed by atoms with Crippen LogP contribution in [0.15, 0.2) is 12.1 Å². The first-order valence-corrected chi connectivity index (χ1v) is 13.6. The van der Waals surface area contributed by atoms with Gasteiger partial charge in [0.2, 0.25) is 0 Å². The molecule has 2 saturated carbocycles. The number of hydrogen-bond donors (Lipinski definition) is 0. The van der Waals surface area contributed by atoms with Gasteiger partial charge in [0.05, 0.1) is 5.92 Å². The first-order chi connectivity index (χ1) is 15.6. The predicted octanol–water partition coefficient (Wildman–Crippen LogP) is 8.05. The number of benzene rings is 1. The molecule has 2 aliphatic carbocycles. The van der Waals surface area contributed by atoms with Crippen molar-refractivity contribution in [2.24, 2.45) is 29.6 Å². The van der Waals surface area contributed by atoms with Crippen molar-refractivity contribution in [1.82, 2.24) is 0 Å². The Morgan fingerprint density at radius 1 is 0.844 bits per heavy atom. The van der Waals surface area contributed by atoms with Crippen LogP contribution in [-0.4, -0.2) is 5.97 Å². The molecular formula is C29H43FO2. The van der Waals surface area contributed by atoms with Gasteiger partial charge < -0.3 is 4.74 Å². The largest absolute Gasteiger partial charge is 0.423 e. The SMILES string of the molecule is CCCc1ccc2c(c1F)OC(=O)C(C1CCC(CCC3CCC(CCC)CC3)CC1)C2. The molecule has 2 fully saturated rings. The van der Waals surface area contributed by atoms with Gasteiger partial charge in [-0.25, -0.2) is 4.39 Å². The summed E-state index contributed by atoms with van der Waals surface area (Å²) in [5.41, 5.74) is 1.55. The number of ether oxygens (including phenoxy) is 1. The van der Waals surface area contributed by atoms with Crippen LogP contribution in [0.2, 0.25) is 0 Å². The smallest absolute Gasteiger partial charge is 0.315 e. The van der Waals surface area contributed by atoms with Crippen LogP contribution in [0.1, 0.15) is 108 Å². The molecule has 1 aromatic rings. The maximum absolute atomic E-state index is 14.8. The predicted molar refractivity (Wildman–Crippen MR) is 128 cm³/mol. The van der Waals surface area contributed by atoms with E-state index in [0.29, 0.717) is 24.3 Å². The van der Waals surface area contributed by atoms with Crippen LogP contribution in [0.4, 0.5) is 4.39 Å². The molecule has 0 aromatic heterocycles. The van der Waals surface area contributed by atoms with Crippen molar-refractivity contribution in [1.29, 1.82) is 0 Å². The molecule has 32 heavy (non-hydrogen) atoms. The van der Waals surface area contributed by atoms with E-state index >= 15 is 0 Å². The molecule has 0 radical (unpaired) electrons. The number of esters is 1. The van der Waals surface area contributed by atoms with Crippen molar-refractivity contribution in [3.8, 4) is 5.75 Å². The summed E-state index contributed by atoms with van der Waals surface area (Å²) in [7, 11) is 0. The van der Waals surface area contributed by atoms with E-state index in [1.54, 1.807) is 0 Å². The number of hydrogen-bond acceptors (Lipinski definition) is 2. The Morgan fingerprint density at radius 2 is 1.44 bits per heavy atom. The fourth-order valence-electron chi connectivity index (χ4n) is 6.79. The Hall–Kier alpha value is -1.38. The summed E-state index contributed by atoms with van der Waals surface area (Å²) in [5, 5.41) is 0. The van der Waals surface area contributed by atoms with Crippen LogP contribution in [0, 0.1) is 35.4 Å². The average Bonchev–Trinajstić information content (AvgIpc) is 2.81.